The number of hydrogen-bond acceptors (Lipinski definition) is 2. The van der Waals surface area contributed by atoms with Crippen molar-refractivity contribution in [3.63, 3.8) is 0 Å². The predicted octanol–water partition coefficient (Wildman–Crippen LogP) is 3.39. The molecule has 6 rings (SSSR count). The fourth-order valence-electron chi connectivity index (χ4n) is 4.65. The van der Waals surface area contributed by atoms with Gasteiger partial charge in [0.1, 0.15) is 0 Å². The van der Waals surface area contributed by atoms with Crippen molar-refractivity contribution in [3.8, 4) is 0 Å². The van der Waals surface area contributed by atoms with Gasteiger partial charge in [-0.1, -0.05) is 48.1 Å². The first-order chi connectivity index (χ1) is 10.8. The van der Waals surface area contributed by atoms with E-state index in [0.717, 1.165) is 17.6 Å². The third-order valence-corrected chi connectivity index (χ3v) is 5.43. The van der Waals surface area contributed by atoms with Crippen LogP contribution in [0.5, 0.6) is 0 Å². The summed E-state index contributed by atoms with van der Waals surface area (Å²) in [7, 11) is 0. The van der Waals surface area contributed by atoms with Crippen LogP contribution in [-0.4, -0.2) is 11.6 Å². The number of carbonyl (C=O) groups is 2. The van der Waals surface area contributed by atoms with E-state index in [-0.39, 0.29) is 23.4 Å². The van der Waals surface area contributed by atoms with Gasteiger partial charge in [0.2, 0.25) is 0 Å². The first-order valence-electron chi connectivity index (χ1n) is 7.73. The molecule has 22 heavy (non-hydrogen) atoms. The Labute approximate surface area is 128 Å². The van der Waals surface area contributed by atoms with Crippen molar-refractivity contribution in [1.82, 2.24) is 0 Å². The molecular weight excluding hydrogens is 272 g/mol. The second kappa shape index (κ2) is 4.04. The minimum atomic E-state index is -0.0347. The van der Waals surface area contributed by atoms with Crippen LogP contribution in [0.2, 0.25) is 0 Å². The van der Waals surface area contributed by atoms with Gasteiger partial charge in [0.25, 0.3) is 0 Å². The number of hydrogen-bond donors (Lipinski definition) is 0. The zero-order valence-corrected chi connectivity index (χ0v) is 12.0. The van der Waals surface area contributed by atoms with Crippen LogP contribution in [0.4, 0.5) is 0 Å². The predicted molar refractivity (Wildman–Crippen MR) is 83.4 cm³/mol. The summed E-state index contributed by atoms with van der Waals surface area (Å²) >= 11 is 0. The third-order valence-electron chi connectivity index (χ3n) is 5.43. The van der Waals surface area contributed by atoms with E-state index in [1.807, 2.05) is 12.1 Å². The van der Waals surface area contributed by atoms with Gasteiger partial charge in [-0.2, -0.15) is 0 Å². The van der Waals surface area contributed by atoms with Crippen LogP contribution in [0.15, 0.2) is 71.4 Å². The van der Waals surface area contributed by atoms with Crippen molar-refractivity contribution in [1.29, 1.82) is 0 Å². The van der Waals surface area contributed by atoms with Crippen LogP contribution >= 0.6 is 0 Å². The van der Waals surface area contributed by atoms with E-state index in [9.17, 15) is 9.59 Å². The highest BCUT2D eigenvalue weighted by Crippen LogP contribution is 2.60. The molecule has 5 aliphatic rings. The van der Waals surface area contributed by atoms with Crippen molar-refractivity contribution in [2.24, 2.45) is 5.92 Å². The molecule has 2 bridgehead atoms. The van der Waals surface area contributed by atoms with Crippen molar-refractivity contribution in [3.05, 3.63) is 82.5 Å². The molecule has 0 aromatic heterocycles. The monoisotopic (exact) mass is 286 g/mol. The number of ketones is 2. The molecule has 3 atom stereocenters. The van der Waals surface area contributed by atoms with Crippen LogP contribution in [0, 0.1) is 5.92 Å². The number of rotatable bonds is 0. The standard InChI is InChI=1S/C20H14O2/c21-15-9-10-16(22)20-18-12-6-2-1-5-11(12)17(19(15)20)13-7-3-4-8-14(13)18/h1-7,9-10,14,17-18H,8H2. The van der Waals surface area contributed by atoms with Gasteiger partial charge in [0.15, 0.2) is 11.6 Å². The first-order valence-corrected chi connectivity index (χ1v) is 7.73. The fourth-order valence-corrected chi connectivity index (χ4v) is 4.65. The van der Waals surface area contributed by atoms with Crippen LogP contribution < -0.4 is 0 Å². The first kappa shape index (κ1) is 12.1. The van der Waals surface area contributed by atoms with Crippen molar-refractivity contribution in [2.75, 3.05) is 0 Å². The minimum Gasteiger partial charge on any atom is -0.290 e. The molecule has 0 saturated carbocycles. The maximum atomic E-state index is 12.5. The van der Waals surface area contributed by atoms with Crippen LogP contribution in [0.1, 0.15) is 29.4 Å². The summed E-state index contributed by atoms with van der Waals surface area (Å²) in [6, 6.07) is 8.30. The molecule has 0 amide bonds. The number of benzene rings is 1. The Balaban J connectivity index is 1.87. The minimum absolute atomic E-state index is 0.00741. The Kier molecular flexibility index (Phi) is 2.22. The van der Waals surface area contributed by atoms with Gasteiger partial charge < -0.3 is 0 Å². The summed E-state index contributed by atoms with van der Waals surface area (Å²) in [5, 5.41) is 0. The molecule has 0 fully saturated rings. The normalized spacial score (nSPS) is 30.9. The maximum absolute atomic E-state index is 12.5. The second-order valence-electron chi connectivity index (χ2n) is 6.37. The van der Waals surface area contributed by atoms with E-state index in [1.165, 1.54) is 28.9 Å². The summed E-state index contributed by atoms with van der Waals surface area (Å²) in [5.41, 5.74) is 5.24. The van der Waals surface area contributed by atoms with Crippen molar-refractivity contribution < 1.29 is 9.59 Å². The summed E-state index contributed by atoms with van der Waals surface area (Å²) < 4.78 is 0. The molecule has 0 aliphatic heterocycles. The molecule has 0 N–H and O–H groups in total. The molecule has 0 radical (unpaired) electrons. The van der Waals surface area contributed by atoms with E-state index < -0.39 is 0 Å². The SMILES string of the molecule is O=C1C=CC(=O)C2=C1C1C3=CC=CCC3C2c2ccccc21. The average Bonchev–Trinajstić information content (AvgIpc) is 2.58. The third kappa shape index (κ3) is 1.31. The summed E-state index contributed by atoms with van der Waals surface area (Å²) in [6.45, 7) is 0. The van der Waals surface area contributed by atoms with Crippen LogP contribution in [0.25, 0.3) is 0 Å². The van der Waals surface area contributed by atoms with E-state index in [2.05, 4.69) is 30.4 Å². The lowest BCUT2D eigenvalue weighted by Crippen LogP contribution is -2.40. The Morgan fingerprint density at radius 2 is 1.64 bits per heavy atom. The van der Waals surface area contributed by atoms with Crippen LogP contribution in [-0.2, 0) is 9.59 Å². The molecule has 1 aromatic carbocycles. The molecule has 2 heteroatoms. The van der Waals surface area contributed by atoms with Crippen molar-refractivity contribution >= 4 is 11.6 Å². The lowest BCUT2D eigenvalue weighted by Gasteiger charge is -2.48. The number of carbonyl (C=O) groups excluding carboxylic acids is 2. The summed E-state index contributed by atoms with van der Waals surface area (Å²) in [6.07, 6.45) is 10.2. The quantitative estimate of drug-likeness (QED) is 0.685. The second-order valence-corrected chi connectivity index (χ2v) is 6.37. The Morgan fingerprint density at radius 3 is 2.45 bits per heavy atom. The topological polar surface area (TPSA) is 34.1 Å². The molecule has 5 aliphatic carbocycles. The van der Waals surface area contributed by atoms with E-state index >= 15 is 0 Å². The Bertz CT molecular complexity index is 863. The highest BCUT2D eigenvalue weighted by Gasteiger charge is 2.51. The van der Waals surface area contributed by atoms with E-state index in [1.54, 1.807) is 0 Å². The van der Waals surface area contributed by atoms with E-state index in [4.69, 9.17) is 0 Å². The van der Waals surface area contributed by atoms with Gasteiger partial charge >= 0.3 is 0 Å². The molecular formula is C20H14O2. The van der Waals surface area contributed by atoms with Gasteiger partial charge in [0, 0.05) is 23.0 Å². The van der Waals surface area contributed by atoms with Crippen molar-refractivity contribution in [2.45, 2.75) is 18.3 Å². The highest BCUT2D eigenvalue weighted by atomic mass is 16.1. The van der Waals surface area contributed by atoms with E-state index in [0.29, 0.717) is 5.92 Å². The Morgan fingerprint density at radius 1 is 0.909 bits per heavy atom. The summed E-state index contributed by atoms with van der Waals surface area (Å²) in [5.74, 6) is 0.356. The fraction of sp³-hybridized carbons (Fsp3) is 0.200. The van der Waals surface area contributed by atoms with Gasteiger partial charge in [-0.3, -0.25) is 9.59 Å². The van der Waals surface area contributed by atoms with Crippen LogP contribution in [0.3, 0.4) is 0 Å². The molecule has 2 nitrogen and oxygen atoms in total. The average molecular weight is 286 g/mol. The molecule has 1 aromatic rings. The van der Waals surface area contributed by atoms with Gasteiger partial charge in [0.05, 0.1) is 0 Å². The lowest BCUT2D eigenvalue weighted by molar-refractivity contribution is -0.116. The number of allylic oxidation sites excluding steroid dienone is 8. The smallest absolute Gasteiger partial charge is 0.183 e. The van der Waals surface area contributed by atoms with Gasteiger partial charge in [-0.05, 0) is 35.6 Å². The Hall–Kier alpha value is -2.48. The zero-order chi connectivity index (χ0) is 14.8. The molecule has 0 heterocycles. The lowest BCUT2D eigenvalue weighted by atomic mass is 9.53. The maximum Gasteiger partial charge on any atom is 0.183 e. The summed E-state index contributed by atoms with van der Waals surface area (Å²) in [4.78, 5) is 25.0. The molecule has 3 unspecified atom stereocenters. The largest absolute Gasteiger partial charge is 0.290 e. The zero-order valence-electron chi connectivity index (χ0n) is 12.0. The molecule has 0 saturated heterocycles. The highest BCUT2D eigenvalue weighted by molar-refractivity contribution is 6.22. The van der Waals surface area contributed by atoms with Gasteiger partial charge in [-0.25, -0.2) is 0 Å². The van der Waals surface area contributed by atoms with Gasteiger partial charge in [-0.15, -0.1) is 0 Å². The molecule has 106 valence electrons. The molecule has 0 spiro atoms.